The van der Waals surface area contributed by atoms with Gasteiger partial charge in [0.25, 0.3) is 0 Å². The van der Waals surface area contributed by atoms with E-state index in [2.05, 4.69) is 66.4 Å². The van der Waals surface area contributed by atoms with Crippen LogP contribution < -0.4 is 4.90 Å². The number of halogens is 1. The molecule has 2 aromatic heterocycles. The Hall–Kier alpha value is -2.55. The van der Waals surface area contributed by atoms with E-state index >= 15 is 0 Å². The molecule has 4 aromatic rings. The summed E-state index contributed by atoms with van der Waals surface area (Å²) in [5.41, 5.74) is 2.26. The number of benzene rings is 2. The number of para-hydroxylation sites is 1. The van der Waals surface area contributed by atoms with E-state index in [1.807, 2.05) is 12.1 Å². The highest BCUT2D eigenvalue weighted by molar-refractivity contribution is 7.22. The van der Waals surface area contributed by atoms with Crippen molar-refractivity contribution in [1.82, 2.24) is 30.1 Å². The number of piperazine rings is 1. The van der Waals surface area contributed by atoms with E-state index in [0.717, 1.165) is 60.5 Å². The molecule has 2 aromatic carbocycles. The first-order valence-electron chi connectivity index (χ1n) is 11.6. The number of hydrogen-bond donors (Lipinski definition) is 0. The van der Waals surface area contributed by atoms with Crippen molar-refractivity contribution in [3.63, 3.8) is 0 Å². The summed E-state index contributed by atoms with van der Waals surface area (Å²) in [7, 11) is 0. The number of rotatable bonds is 5. The quantitative estimate of drug-likeness (QED) is 0.403. The molecule has 0 radical (unpaired) electrons. The molecule has 2 fully saturated rings. The van der Waals surface area contributed by atoms with Crippen LogP contribution in [0, 0.1) is 0 Å². The highest BCUT2D eigenvalue weighted by Crippen LogP contribution is 2.36. The third-order valence-electron chi connectivity index (χ3n) is 6.85. The van der Waals surface area contributed by atoms with Crippen molar-refractivity contribution in [3.05, 3.63) is 64.9 Å². The van der Waals surface area contributed by atoms with Gasteiger partial charge in [-0.15, -0.1) is 5.10 Å². The predicted molar refractivity (Wildman–Crippen MR) is 132 cm³/mol. The summed E-state index contributed by atoms with van der Waals surface area (Å²) in [5, 5.41) is 14.9. The van der Waals surface area contributed by atoms with E-state index in [-0.39, 0.29) is 6.04 Å². The number of fused-ring (bicyclic) bond motifs is 1. The van der Waals surface area contributed by atoms with E-state index in [0.29, 0.717) is 6.04 Å². The molecular formula is C24H26ClN7S. The number of thiazole rings is 1. The van der Waals surface area contributed by atoms with Crippen LogP contribution in [-0.2, 0) is 0 Å². The molecule has 9 heteroatoms. The maximum Gasteiger partial charge on any atom is 0.186 e. The Balaban J connectivity index is 1.28. The van der Waals surface area contributed by atoms with E-state index in [1.165, 1.54) is 23.1 Å². The number of nitrogens with zero attached hydrogens (tertiary/aromatic N) is 7. The van der Waals surface area contributed by atoms with Gasteiger partial charge in [0.2, 0.25) is 0 Å². The minimum atomic E-state index is 0.00961. The van der Waals surface area contributed by atoms with Gasteiger partial charge in [-0.2, -0.15) is 0 Å². The second kappa shape index (κ2) is 9.00. The average molecular weight is 480 g/mol. The van der Waals surface area contributed by atoms with E-state index in [4.69, 9.17) is 16.6 Å². The molecule has 33 heavy (non-hydrogen) atoms. The lowest BCUT2D eigenvalue weighted by Gasteiger charge is -2.39. The van der Waals surface area contributed by atoms with Crippen LogP contribution in [0.15, 0.2) is 48.5 Å². The third kappa shape index (κ3) is 4.11. The fraction of sp³-hybridized carbons (Fsp3) is 0.417. The predicted octanol–water partition coefficient (Wildman–Crippen LogP) is 4.96. The van der Waals surface area contributed by atoms with Gasteiger partial charge < -0.3 is 4.90 Å². The monoisotopic (exact) mass is 479 g/mol. The summed E-state index contributed by atoms with van der Waals surface area (Å²) >= 11 is 7.98. The lowest BCUT2D eigenvalue weighted by molar-refractivity contribution is 0.197. The van der Waals surface area contributed by atoms with Crippen molar-refractivity contribution in [2.75, 3.05) is 31.1 Å². The molecule has 0 unspecified atom stereocenters. The molecule has 1 aliphatic carbocycles. The van der Waals surface area contributed by atoms with E-state index in [9.17, 15) is 0 Å². The zero-order valence-electron chi connectivity index (χ0n) is 18.3. The zero-order valence-corrected chi connectivity index (χ0v) is 19.9. The lowest BCUT2D eigenvalue weighted by atomic mass is 10.0. The van der Waals surface area contributed by atoms with Crippen LogP contribution in [0.5, 0.6) is 0 Å². The maximum absolute atomic E-state index is 6.21. The molecular weight excluding hydrogens is 454 g/mol. The molecule has 2 aliphatic rings. The zero-order chi connectivity index (χ0) is 22.2. The summed E-state index contributed by atoms with van der Waals surface area (Å²) in [5.74, 6) is 0.942. The Morgan fingerprint density at radius 2 is 1.70 bits per heavy atom. The van der Waals surface area contributed by atoms with Crippen molar-refractivity contribution >= 4 is 38.3 Å². The lowest BCUT2D eigenvalue weighted by Crippen LogP contribution is -2.48. The van der Waals surface area contributed by atoms with Crippen LogP contribution >= 0.6 is 22.9 Å². The van der Waals surface area contributed by atoms with Crippen LogP contribution in [0.4, 0.5) is 5.13 Å². The fourth-order valence-corrected chi connectivity index (χ4v) is 6.27. The first kappa shape index (κ1) is 21.0. The third-order valence-corrected chi connectivity index (χ3v) is 8.20. The highest BCUT2D eigenvalue weighted by Gasteiger charge is 2.33. The normalized spacial score (nSPS) is 18.9. The second-order valence-corrected chi connectivity index (χ2v) is 10.3. The Morgan fingerprint density at radius 1 is 0.939 bits per heavy atom. The van der Waals surface area contributed by atoms with Crippen LogP contribution in [0.25, 0.3) is 10.2 Å². The maximum atomic E-state index is 6.21. The van der Waals surface area contributed by atoms with Gasteiger partial charge in [0.15, 0.2) is 11.0 Å². The van der Waals surface area contributed by atoms with E-state index in [1.54, 1.807) is 11.3 Å². The van der Waals surface area contributed by atoms with Crippen molar-refractivity contribution in [2.45, 2.75) is 37.8 Å². The molecule has 1 saturated heterocycles. The number of hydrogen-bond acceptors (Lipinski definition) is 7. The molecule has 0 N–H and O–H groups in total. The first-order valence-corrected chi connectivity index (χ1v) is 12.8. The average Bonchev–Trinajstić information content (AvgIpc) is 3.61. The first-order chi connectivity index (χ1) is 16.3. The van der Waals surface area contributed by atoms with E-state index < -0.39 is 0 Å². The van der Waals surface area contributed by atoms with Crippen LogP contribution in [0.2, 0.25) is 5.02 Å². The number of aromatic nitrogens is 5. The van der Waals surface area contributed by atoms with Crippen LogP contribution in [0.3, 0.4) is 0 Å². The molecule has 1 saturated carbocycles. The SMILES string of the molecule is Clc1ccc([C@H](c2nnnn2C2CCCC2)N2CCN(c3nc4ccccc4s3)CC2)cc1. The molecule has 170 valence electrons. The summed E-state index contributed by atoms with van der Waals surface area (Å²) in [6.45, 7) is 3.69. The molecule has 6 rings (SSSR count). The fourth-order valence-electron chi connectivity index (χ4n) is 5.12. The summed E-state index contributed by atoms with van der Waals surface area (Å²) < 4.78 is 3.33. The molecule has 7 nitrogen and oxygen atoms in total. The van der Waals surface area contributed by atoms with Crippen molar-refractivity contribution in [2.24, 2.45) is 0 Å². The largest absolute Gasteiger partial charge is 0.345 e. The Bertz CT molecular complexity index is 1190. The topological polar surface area (TPSA) is 63.0 Å². The molecule has 1 aliphatic heterocycles. The van der Waals surface area contributed by atoms with Gasteiger partial charge >= 0.3 is 0 Å². The van der Waals surface area contributed by atoms with Gasteiger partial charge in [0.05, 0.1) is 22.3 Å². The summed E-state index contributed by atoms with van der Waals surface area (Å²) in [6, 6.07) is 16.9. The van der Waals surface area contributed by atoms with Gasteiger partial charge in [-0.3, -0.25) is 4.90 Å². The van der Waals surface area contributed by atoms with Gasteiger partial charge in [0, 0.05) is 31.2 Å². The molecule has 1 atom stereocenters. The van der Waals surface area contributed by atoms with Crippen LogP contribution in [0.1, 0.15) is 49.2 Å². The summed E-state index contributed by atoms with van der Waals surface area (Å²) in [4.78, 5) is 9.77. The highest BCUT2D eigenvalue weighted by atomic mass is 35.5. The molecule has 3 heterocycles. The Labute approximate surface area is 202 Å². The minimum absolute atomic E-state index is 0.00961. The van der Waals surface area contributed by atoms with Crippen molar-refractivity contribution in [1.29, 1.82) is 0 Å². The Kier molecular flexibility index (Phi) is 5.73. The molecule has 0 spiro atoms. The molecule has 0 amide bonds. The van der Waals surface area contributed by atoms with Gasteiger partial charge in [-0.1, -0.05) is 60.0 Å². The van der Waals surface area contributed by atoms with Crippen molar-refractivity contribution < 1.29 is 0 Å². The van der Waals surface area contributed by atoms with Gasteiger partial charge in [0.1, 0.15) is 0 Å². The van der Waals surface area contributed by atoms with Crippen molar-refractivity contribution in [3.8, 4) is 0 Å². The van der Waals surface area contributed by atoms with Crippen LogP contribution in [-0.4, -0.2) is 56.3 Å². The smallest absolute Gasteiger partial charge is 0.186 e. The number of tetrazole rings is 1. The minimum Gasteiger partial charge on any atom is -0.345 e. The standard InChI is InChI=1S/C24H26ClN7S/c25-18-11-9-17(10-12-18)22(23-27-28-29-32(23)19-5-1-2-6-19)30-13-15-31(16-14-30)24-26-20-7-3-4-8-21(20)33-24/h3-4,7-12,19,22H,1-2,5-6,13-16H2/t22-/m1/s1. The van der Waals surface area contributed by atoms with Gasteiger partial charge in [-0.05, 0) is 53.1 Å². The van der Waals surface area contributed by atoms with Gasteiger partial charge in [-0.25, -0.2) is 9.67 Å². The Morgan fingerprint density at radius 3 is 2.45 bits per heavy atom. The molecule has 0 bridgehead atoms. The number of anilines is 1. The second-order valence-electron chi connectivity index (χ2n) is 8.86. The summed E-state index contributed by atoms with van der Waals surface area (Å²) in [6.07, 6.45) is 4.79.